The number of aromatic hydroxyl groups is 1. The summed E-state index contributed by atoms with van der Waals surface area (Å²) in [5.74, 6) is -0.139. The maximum Gasteiger partial charge on any atom is 0.281 e. The van der Waals surface area contributed by atoms with Crippen LogP contribution in [0.2, 0.25) is 5.02 Å². The quantitative estimate of drug-likeness (QED) is 0.667. The molecule has 0 spiro atoms. The number of phenols is 1. The van der Waals surface area contributed by atoms with Crippen LogP contribution >= 0.6 is 23.8 Å². The van der Waals surface area contributed by atoms with E-state index in [1.165, 1.54) is 4.90 Å². The Morgan fingerprint density at radius 1 is 1.13 bits per heavy atom. The Labute approximate surface area is 144 Å². The molecule has 1 aliphatic rings. The van der Waals surface area contributed by atoms with Crippen LogP contribution in [-0.2, 0) is 4.79 Å². The lowest BCUT2D eigenvalue weighted by atomic mass is 10.1. The average molecular weight is 345 g/mol. The molecule has 4 nitrogen and oxygen atoms in total. The number of nitrogens with zero attached hydrogens (tertiary/aromatic N) is 2. The molecule has 0 radical (unpaired) electrons. The molecule has 1 N–H and O–H groups in total. The summed E-state index contributed by atoms with van der Waals surface area (Å²) in [6.07, 6.45) is 1.62. The van der Waals surface area contributed by atoms with E-state index in [1.807, 2.05) is 0 Å². The standard InChI is InChI=1S/C17H13ClN2O2S/c1-19-14(10-11-4-2-3-5-15(11)21)16(22)20(17(19)23)13-8-6-12(18)7-9-13/h2-10,21H,1H3/b14-10-. The van der Waals surface area contributed by atoms with Crippen LogP contribution in [0.25, 0.3) is 6.08 Å². The summed E-state index contributed by atoms with van der Waals surface area (Å²) in [7, 11) is 1.72. The van der Waals surface area contributed by atoms with Gasteiger partial charge in [0.25, 0.3) is 5.91 Å². The van der Waals surface area contributed by atoms with E-state index in [9.17, 15) is 9.90 Å². The highest BCUT2D eigenvalue weighted by atomic mass is 35.5. The van der Waals surface area contributed by atoms with E-state index in [2.05, 4.69) is 0 Å². The first kappa shape index (κ1) is 15.5. The van der Waals surface area contributed by atoms with Gasteiger partial charge in [-0.15, -0.1) is 0 Å². The van der Waals surface area contributed by atoms with E-state index < -0.39 is 0 Å². The fourth-order valence-electron chi connectivity index (χ4n) is 2.33. The van der Waals surface area contributed by atoms with Crippen molar-refractivity contribution < 1.29 is 9.90 Å². The number of hydrogen-bond donors (Lipinski definition) is 1. The molecule has 0 bridgehead atoms. The van der Waals surface area contributed by atoms with Gasteiger partial charge in [0.2, 0.25) is 0 Å². The summed E-state index contributed by atoms with van der Waals surface area (Å²) in [5.41, 5.74) is 1.60. The lowest BCUT2D eigenvalue weighted by Crippen LogP contribution is -2.31. The van der Waals surface area contributed by atoms with Crippen molar-refractivity contribution in [2.24, 2.45) is 0 Å². The summed E-state index contributed by atoms with van der Waals surface area (Å²) in [4.78, 5) is 15.8. The van der Waals surface area contributed by atoms with Gasteiger partial charge in [0.15, 0.2) is 5.11 Å². The van der Waals surface area contributed by atoms with Crippen molar-refractivity contribution in [2.75, 3.05) is 11.9 Å². The molecule has 1 amide bonds. The Bertz CT molecular complexity index is 818. The van der Waals surface area contributed by atoms with Gasteiger partial charge in [-0.1, -0.05) is 29.8 Å². The number of halogens is 1. The van der Waals surface area contributed by atoms with Gasteiger partial charge in [-0.05, 0) is 48.6 Å². The topological polar surface area (TPSA) is 43.8 Å². The largest absolute Gasteiger partial charge is 0.507 e. The molecule has 0 aromatic heterocycles. The monoisotopic (exact) mass is 344 g/mol. The predicted molar refractivity (Wildman–Crippen MR) is 95.4 cm³/mol. The van der Waals surface area contributed by atoms with Crippen molar-refractivity contribution in [3.05, 3.63) is 64.8 Å². The van der Waals surface area contributed by atoms with Gasteiger partial charge in [-0.25, -0.2) is 0 Å². The van der Waals surface area contributed by atoms with Gasteiger partial charge >= 0.3 is 0 Å². The average Bonchev–Trinajstić information content (AvgIpc) is 2.74. The Kier molecular flexibility index (Phi) is 4.07. The molecular formula is C17H13ClN2O2S. The molecule has 2 aromatic rings. The third-order valence-corrected chi connectivity index (χ3v) is 4.28. The van der Waals surface area contributed by atoms with Crippen molar-refractivity contribution in [3.63, 3.8) is 0 Å². The van der Waals surface area contributed by atoms with Gasteiger partial charge in [0.1, 0.15) is 11.4 Å². The van der Waals surface area contributed by atoms with Crippen LogP contribution in [0.15, 0.2) is 54.2 Å². The number of likely N-dealkylation sites (N-methyl/N-ethyl adjacent to an activating group) is 1. The highest BCUT2D eigenvalue weighted by Crippen LogP contribution is 2.30. The molecule has 1 heterocycles. The zero-order chi connectivity index (χ0) is 16.6. The van der Waals surface area contributed by atoms with E-state index in [0.29, 0.717) is 27.1 Å². The number of phenolic OH excluding ortho intramolecular Hbond substituents is 1. The van der Waals surface area contributed by atoms with Crippen LogP contribution in [-0.4, -0.2) is 28.1 Å². The van der Waals surface area contributed by atoms with Gasteiger partial charge in [-0.3, -0.25) is 9.69 Å². The highest BCUT2D eigenvalue weighted by Gasteiger charge is 2.36. The maximum atomic E-state index is 12.7. The number of rotatable bonds is 2. The van der Waals surface area contributed by atoms with E-state index >= 15 is 0 Å². The lowest BCUT2D eigenvalue weighted by molar-refractivity contribution is -0.114. The number of benzene rings is 2. The Hall–Kier alpha value is -2.37. The fraction of sp³-hybridized carbons (Fsp3) is 0.0588. The van der Waals surface area contributed by atoms with Crippen molar-refractivity contribution in [3.8, 4) is 5.75 Å². The highest BCUT2D eigenvalue weighted by molar-refractivity contribution is 7.80. The summed E-state index contributed by atoms with van der Waals surface area (Å²) >= 11 is 11.3. The molecule has 1 fully saturated rings. The number of amides is 1. The summed E-state index contributed by atoms with van der Waals surface area (Å²) in [5, 5.41) is 10.8. The molecule has 6 heteroatoms. The Morgan fingerprint density at radius 2 is 1.78 bits per heavy atom. The fourth-order valence-corrected chi connectivity index (χ4v) is 2.74. The minimum absolute atomic E-state index is 0.108. The van der Waals surface area contributed by atoms with E-state index in [1.54, 1.807) is 66.6 Å². The van der Waals surface area contributed by atoms with E-state index in [4.69, 9.17) is 23.8 Å². The zero-order valence-electron chi connectivity index (χ0n) is 12.2. The number of carbonyl (C=O) groups is 1. The molecular weight excluding hydrogens is 332 g/mol. The number of anilines is 1. The van der Waals surface area contributed by atoms with Gasteiger partial charge in [-0.2, -0.15) is 0 Å². The number of carbonyl (C=O) groups excluding carboxylic acids is 1. The van der Waals surface area contributed by atoms with Crippen molar-refractivity contribution in [1.29, 1.82) is 0 Å². The normalized spacial score (nSPS) is 16.5. The van der Waals surface area contributed by atoms with Crippen LogP contribution in [0.1, 0.15) is 5.56 Å². The number of thiocarbonyl (C=S) groups is 1. The molecule has 1 aliphatic heterocycles. The molecule has 116 valence electrons. The smallest absolute Gasteiger partial charge is 0.281 e. The molecule has 0 saturated carbocycles. The van der Waals surface area contributed by atoms with E-state index in [-0.39, 0.29) is 11.7 Å². The Morgan fingerprint density at radius 3 is 2.43 bits per heavy atom. The SMILES string of the molecule is CN1C(=S)N(c2ccc(Cl)cc2)C(=O)/C1=C/c1ccccc1O. The minimum atomic E-state index is -0.247. The second-order valence-corrected chi connectivity index (χ2v) is 5.85. The first-order chi connectivity index (χ1) is 11.0. The molecule has 1 saturated heterocycles. The summed E-state index contributed by atoms with van der Waals surface area (Å²) in [6, 6.07) is 13.7. The molecule has 2 aromatic carbocycles. The lowest BCUT2D eigenvalue weighted by Gasteiger charge is -2.16. The first-order valence-electron chi connectivity index (χ1n) is 6.86. The maximum absolute atomic E-state index is 12.7. The van der Waals surface area contributed by atoms with Gasteiger partial charge < -0.3 is 10.0 Å². The molecule has 0 atom stereocenters. The van der Waals surface area contributed by atoms with Crippen molar-refractivity contribution in [1.82, 2.24) is 4.90 Å². The van der Waals surface area contributed by atoms with Crippen LogP contribution in [0, 0.1) is 0 Å². The molecule has 0 unspecified atom stereocenters. The third kappa shape index (κ3) is 2.81. The van der Waals surface area contributed by atoms with Gasteiger partial charge in [0.05, 0.1) is 5.69 Å². The second-order valence-electron chi connectivity index (χ2n) is 5.05. The van der Waals surface area contributed by atoms with Crippen LogP contribution in [0.4, 0.5) is 5.69 Å². The zero-order valence-corrected chi connectivity index (χ0v) is 13.8. The Balaban J connectivity index is 2.02. The van der Waals surface area contributed by atoms with Crippen molar-refractivity contribution >= 4 is 46.6 Å². The predicted octanol–water partition coefficient (Wildman–Crippen LogP) is 3.65. The minimum Gasteiger partial charge on any atom is -0.507 e. The summed E-state index contributed by atoms with van der Waals surface area (Å²) < 4.78 is 0. The molecule has 0 aliphatic carbocycles. The molecule has 23 heavy (non-hydrogen) atoms. The van der Waals surface area contributed by atoms with Crippen LogP contribution in [0.3, 0.4) is 0 Å². The molecule has 3 rings (SSSR count). The number of para-hydroxylation sites is 1. The van der Waals surface area contributed by atoms with E-state index in [0.717, 1.165) is 0 Å². The van der Waals surface area contributed by atoms with Crippen molar-refractivity contribution in [2.45, 2.75) is 0 Å². The second kappa shape index (κ2) is 6.02. The van der Waals surface area contributed by atoms with Gasteiger partial charge in [0, 0.05) is 17.6 Å². The third-order valence-electron chi connectivity index (χ3n) is 3.58. The number of hydrogen-bond acceptors (Lipinski definition) is 3. The van der Waals surface area contributed by atoms with Crippen LogP contribution < -0.4 is 4.90 Å². The van der Waals surface area contributed by atoms with Crippen LogP contribution in [0.5, 0.6) is 5.75 Å². The first-order valence-corrected chi connectivity index (χ1v) is 7.65. The summed E-state index contributed by atoms with van der Waals surface area (Å²) in [6.45, 7) is 0.